The molecule has 0 aliphatic heterocycles. The molecule has 1 aromatic rings. The number of carbonyl (C=O) groups is 2. The number of benzene rings is 1. The first-order valence-electron chi connectivity index (χ1n) is 5.42. The van der Waals surface area contributed by atoms with Crippen LogP contribution in [0, 0.1) is 0 Å². The summed E-state index contributed by atoms with van der Waals surface area (Å²) in [6.45, 7) is 1.26. The van der Waals surface area contributed by atoms with Crippen molar-refractivity contribution in [3.8, 4) is 0 Å². The Bertz CT molecular complexity index is 459. The van der Waals surface area contributed by atoms with Gasteiger partial charge in [0.2, 0.25) is 5.91 Å². The maximum Gasteiger partial charge on any atom is 0.322 e. The normalized spacial score (nSPS) is 21.8. The van der Waals surface area contributed by atoms with Crippen LogP contribution in [-0.4, -0.2) is 23.1 Å². The summed E-state index contributed by atoms with van der Waals surface area (Å²) in [4.78, 5) is 22.1. The minimum Gasteiger partial charge on any atom is -0.390 e. The second-order valence-electron chi connectivity index (χ2n) is 4.10. The average molecular weight is 234 g/mol. The van der Waals surface area contributed by atoms with E-state index in [1.54, 1.807) is 0 Å². The molecule has 0 saturated carbocycles. The van der Waals surface area contributed by atoms with Crippen LogP contribution in [0.4, 0.5) is 4.79 Å². The highest BCUT2D eigenvalue weighted by molar-refractivity contribution is 5.93. The van der Waals surface area contributed by atoms with Gasteiger partial charge in [-0.3, -0.25) is 10.1 Å². The van der Waals surface area contributed by atoms with Crippen molar-refractivity contribution in [3.63, 3.8) is 0 Å². The van der Waals surface area contributed by atoms with Gasteiger partial charge in [-0.25, -0.2) is 4.79 Å². The Kier molecular flexibility index (Phi) is 3.10. The minimum atomic E-state index is -0.648. The molecule has 5 nitrogen and oxygen atoms in total. The highest BCUT2D eigenvalue weighted by Crippen LogP contribution is 2.30. The summed E-state index contributed by atoms with van der Waals surface area (Å²) >= 11 is 0. The van der Waals surface area contributed by atoms with Gasteiger partial charge in [-0.1, -0.05) is 24.3 Å². The first-order valence-corrected chi connectivity index (χ1v) is 5.42. The number of hydrogen-bond donors (Lipinski definition) is 3. The van der Waals surface area contributed by atoms with Gasteiger partial charge in [0.05, 0.1) is 12.1 Å². The first-order chi connectivity index (χ1) is 8.08. The van der Waals surface area contributed by atoms with Crippen LogP contribution in [0.15, 0.2) is 24.3 Å². The Morgan fingerprint density at radius 2 is 2.06 bits per heavy atom. The molecule has 2 rings (SSSR count). The fourth-order valence-corrected chi connectivity index (χ4v) is 2.09. The molecule has 1 aliphatic rings. The van der Waals surface area contributed by atoms with Crippen molar-refractivity contribution in [2.24, 2.45) is 0 Å². The van der Waals surface area contributed by atoms with Gasteiger partial charge < -0.3 is 10.4 Å². The third kappa shape index (κ3) is 2.45. The van der Waals surface area contributed by atoms with Gasteiger partial charge in [0.25, 0.3) is 0 Å². The fraction of sp³-hybridized carbons (Fsp3) is 0.333. The quantitative estimate of drug-likeness (QED) is 0.661. The molecule has 0 bridgehead atoms. The van der Waals surface area contributed by atoms with Crippen LogP contribution in [0.3, 0.4) is 0 Å². The van der Waals surface area contributed by atoms with Crippen LogP contribution in [0.25, 0.3) is 0 Å². The molecule has 0 unspecified atom stereocenters. The number of fused-ring (bicyclic) bond motifs is 1. The summed E-state index contributed by atoms with van der Waals surface area (Å²) in [5.74, 6) is -0.428. The Balaban J connectivity index is 2.11. The van der Waals surface area contributed by atoms with E-state index in [9.17, 15) is 14.7 Å². The standard InChI is InChI=1S/C12H14N2O3/c1-7(15)13-12(17)14-11-9-5-3-2-4-8(9)6-10(11)16/h2-5,10-11,16H,6H2,1H3,(H2,13,14,15,17)/t10-,11+/m1/s1. The molecule has 0 radical (unpaired) electrons. The second kappa shape index (κ2) is 4.55. The third-order valence-corrected chi connectivity index (χ3v) is 2.78. The van der Waals surface area contributed by atoms with Crippen LogP contribution >= 0.6 is 0 Å². The first kappa shape index (κ1) is 11.6. The summed E-state index contributed by atoms with van der Waals surface area (Å²) in [7, 11) is 0. The number of nitrogens with one attached hydrogen (secondary N) is 2. The molecule has 0 saturated heterocycles. The summed E-state index contributed by atoms with van der Waals surface area (Å²) in [6.07, 6.45) is -0.133. The number of amides is 3. The monoisotopic (exact) mass is 234 g/mol. The van der Waals surface area contributed by atoms with Gasteiger partial charge in [-0.2, -0.15) is 0 Å². The van der Waals surface area contributed by atoms with Gasteiger partial charge >= 0.3 is 6.03 Å². The van der Waals surface area contributed by atoms with E-state index in [1.807, 2.05) is 24.3 Å². The lowest BCUT2D eigenvalue weighted by Gasteiger charge is -2.17. The Hall–Kier alpha value is -1.88. The molecule has 0 spiro atoms. The van der Waals surface area contributed by atoms with E-state index in [0.29, 0.717) is 6.42 Å². The molecule has 0 heterocycles. The van der Waals surface area contributed by atoms with Crippen LogP contribution < -0.4 is 10.6 Å². The Morgan fingerprint density at radius 3 is 2.76 bits per heavy atom. The number of rotatable bonds is 1. The maximum atomic E-state index is 11.4. The molecule has 1 aromatic carbocycles. The predicted octanol–water partition coefficient (Wildman–Crippen LogP) is 0.490. The molecule has 90 valence electrons. The average Bonchev–Trinajstić information content (AvgIpc) is 2.55. The SMILES string of the molecule is CC(=O)NC(=O)N[C@H]1c2ccccc2C[C@H]1O. The fourth-order valence-electron chi connectivity index (χ4n) is 2.09. The van der Waals surface area contributed by atoms with Gasteiger partial charge in [0.1, 0.15) is 0 Å². The van der Waals surface area contributed by atoms with E-state index in [-0.39, 0.29) is 0 Å². The number of aliphatic hydroxyl groups is 1. The van der Waals surface area contributed by atoms with Crippen LogP contribution in [0.1, 0.15) is 24.1 Å². The third-order valence-electron chi connectivity index (χ3n) is 2.78. The molecule has 3 amide bonds. The molecule has 0 aromatic heterocycles. The summed E-state index contributed by atoms with van der Waals surface area (Å²) in [6, 6.07) is 6.49. The number of urea groups is 1. The van der Waals surface area contributed by atoms with Crippen LogP contribution in [0.5, 0.6) is 0 Å². The molecule has 5 heteroatoms. The number of carbonyl (C=O) groups excluding carboxylic acids is 2. The lowest BCUT2D eigenvalue weighted by Crippen LogP contribution is -2.42. The molecule has 3 N–H and O–H groups in total. The van der Waals surface area contributed by atoms with Crippen molar-refractivity contribution < 1.29 is 14.7 Å². The van der Waals surface area contributed by atoms with Gasteiger partial charge in [-0.05, 0) is 11.1 Å². The lowest BCUT2D eigenvalue weighted by atomic mass is 10.1. The maximum absolute atomic E-state index is 11.4. The molecular formula is C12H14N2O3. The Morgan fingerprint density at radius 1 is 1.35 bits per heavy atom. The summed E-state index contributed by atoms with van der Waals surface area (Å²) < 4.78 is 0. The van der Waals surface area contributed by atoms with Gasteiger partial charge in [0.15, 0.2) is 0 Å². The lowest BCUT2D eigenvalue weighted by molar-refractivity contribution is -0.117. The van der Waals surface area contributed by atoms with Gasteiger partial charge in [-0.15, -0.1) is 0 Å². The van der Waals surface area contributed by atoms with Crippen molar-refractivity contribution in [2.75, 3.05) is 0 Å². The van der Waals surface area contributed by atoms with Gasteiger partial charge in [0, 0.05) is 13.3 Å². The van der Waals surface area contributed by atoms with Crippen molar-refractivity contribution >= 4 is 11.9 Å². The van der Waals surface area contributed by atoms with E-state index in [2.05, 4.69) is 10.6 Å². The number of hydrogen-bond acceptors (Lipinski definition) is 3. The largest absolute Gasteiger partial charge is 0.390 e. The molecule has 2 atom stereocenters. The van der Waals surface area contributed by atoms with Crippen molar-refractivity contribution in [1.29, 1.82) is 0 Å². The zero-order valence-electron chi connectivity index (χ0n) is 9.43. The smallest absolute Gasteiger partial charge is 0.322 e. The van der Waals surface area contributed by atoms with Crippen molar-refractivity contribution in [1.82, 2.24) is 10.6 Å². The van der Waals surface area contributed by atoms with Crippen molar-refractivity contribution in [3.05, 3.63) is 35.4 Å². The van der Waals surface area contributed by atoms with Crippen molar-refractivity contribution in [2.45, 2.75) is 25.5 Å². The summed E-state index contributed by atoms with van der Waals surface area (Å²) in [5.41, 5.74) is 1.92. The zero-order chi connectivity index (χ0) is 12.4. The zero-order valence-corrected chi connectivity index (χ0v) is 9.43. The van der Waals surface area contributed by atoms with E-state index >= 15 is 0 Å². The topological polar surface area (TPSA) is 78.4 Å². The molecule has 0 fully saturated rings. The molecule has 1 aliphatic carbocycles. The molecular weight excluding hydrogens is 220 g/mol. The number of aliphatic hydroxyl groups excluding tert-OH is 1. The second-order valence-corrected chi connectivity index (χ2v) is 4.10. The number of imide groups is 1. The molecule has 17 heavy (non-hydrogen) atoms. The predicted molar refractivity (Wildman–Crippen MR) is 61.2 cm³/mol. The highest BCUT2D eigenvalue weighted by Gasteiger charge is 2.31. The van der Waals surface area contributed by atoms with Crippen LogP contribution in [0.2, 0.25) is 0 Å². The van der Waals surface area contributed by atoms with Crippen LogP contribution in [-0.2, 0) is 11.2 Å². The Labute approximate surface area is 98.8 Å². The van der Waals surface area contributed by atoms with E-state index < -0.39 is 24.1 Å². The minimum absolute atomic E-state index is 0.428. The van der Waals surface area contributed by atoms with E-state index in [1.165, 1.54) is 6.92 Å². The van der Waals surface area contributed by atoms with E-state index in [4.69, 9.17) is 0 Å². The summed E-state index contributed by atoms with van der Waals surface area (Å²) in [5, 5.41) is 14.6. The highest BCUT2D eigenvalue weighted by atomic mass is 16.3. The van der Waals surface area contributed by atoms with E-state index in [0.717, 1.165) is 11.1 Å².